The number of hydrogen-bond donors (Lipinski definition) is 2. The molecule has 0 saturated heterocycles. The van der Waals surface area contributed by atoms with Gasteiger partial charge in [-0.25, -0.2) is 13.6 Å². The fourth-order valence-corrected chi connectivity index (χ4v) is 3.17. The van der Waals surface area contributed by atoms with Gasteiger partial charge in [-0.15, -0.1) is 0 Å². The van der Waals surface area contributed by atoms with Gasteiger partial charge in [-0.3, -0.25) is 4.79 Å². The van der Waals surface area contributed by atoms with Gasteiger partial charge in [0.05, 0.1) is 4.90 Å². The molecular weight excluding hydrogens is 383 g/mol. The minimum absolute atomic E-state index is 0.0225. The zero-order valence-corrected chi connectivity index (χ0v) is 15.4. The van der Waals surface area contributed by atoms with Crippen molar-refractivity contribution < 1.29 is 13.2 Å². The molecule has 0 saturated carbocycles. The molecular formula is C17H16Cl2N2O3S. The molecule has 132 valence electrons. The third-order valence-corrected chi connectivity index (χ3v) is 4.64. The third kappa shape index (κ3) is 6.51. The minimum Gasteiger partial charge on any atom is -0.352 e. The fourth-order valence-electron chi connectivity index (χ4n) is 2.08. The molecule has 0 heterocycles. The second-order valence-corrected chi connectivity index (χ2v) is 7.70. The predicted molar refractivity (Wildman–Crippen MR) is 100 cm³/mol. The van der Waals surface area contributed by atoms with Gasteiger partial charge in [-0.1, -0.05) is 35.3 Å². The number of nitrogens with two attached hydrogens (primary N) is 1. The average molecular weight is 399 g/mol. The molecule has 2 aromatic carbocycles. The van der Waals surface area contributed by atoms with Gasteiger partial charge in [0.1, 0.15) is 0 Å². The second kappa shape index (κ2) is 8.49. The lowest BCUT2D eigenvalue weighted by Crippen LogP contribution is -2.23. The van der Waals surface area contributed by atoms with Crippen LogP contribution >= 0.6 is 23.2 Å². The van der Waals surface area contributed by atoms with E-state index in [4.69, 9.17) is 28.3 Å². The monoisotopic (exact) mass is 398 g/mol. The lowest BCUT2D eigenvalue weighted by atomic mass is 10.1. The predicted octanol–water partition coefficient (Wildman–Crippen LogP) is 3.01. The van der Waals surface area contributed by atoms with Crippen LogP contribution in [0, 0.1) is 0 Å². The quantitative estimate of drug-likeness (QED) is 0.732. The summed E-state index contributed by atoms with van der Waals surface area (Å²) < 4.78 is 22.3. The Labute approximate surface area is 156 Å². The number of carbonyl (C=O) groups excluding carboxylic acids is 1. The Morgan fingerprint density at radius 3 is 2.24 bits per heavy atom. The summed E-state index contributed by atoms with van der Waals surface area (Å²) in [4.78, 5) is 11.8. The number of rotatable bonds is 6. The van der Waals surface area contributed by atoms with Gasteiger partial charge in [-0.05, 0) is 54.0 Å². The summed E-state index contributed by atoms with van der Waals surface area (Å²) in [6.45, 7) is 0.435. The van der Waals surface area contributed by atoms with E-state index in [0.717, 1.165) is 5.56 Å². The molecule has 3 N–H and O–H groups in total. The van der Waals surface area contributed by atoms with E-state index in [9.17, 15) is 13.2 Å². The van der Waals surface area contributed by atoms with Crippen LogP contribution in [0.15, 0.2) is 53.4 Å². The maximum Gasteiger partial charge on any atom is 0.244 e. The summed E-state index contributed by atoms with van der Waals surface area (Å²) >= 11 is 11.8. The van der Waals surface area contributed by atoms with Gasteiger partial charge in [0.15, 0.2) is 0 Å². The molecule has 0 bridgehead atoms. The molecule has 0 aliphatic rings. The molecule has 0 fully saturated rings. The highest BCUT2D eigenvalue weighted by Gasteiger charge is 2.06. The Morgan fingerprint density at radius 2 is 1.68 bits per heavy atom. The van der Waals surface area contributed by atoms with Crippen molar-refractivity contribution in [2.75, 3.05) is 6.54 Å². The lowest BCUT2D eigenvalue weighted by Gasteiger charge is -2.04. The zero-order chi connectivity index (χ0) is 18.4. The van der Waals surface area contributed by atoms with Gasteiger partial charge in [-0.2, -0.15) is 0 Å². The summed E-state index contributed by atoms with van der Waals surface area (Å²) in [5, 5.41) is 8.88. The summed E-state index contributed by atoms with van der Waals surface area (Å²) in [5.74, 6) is -0.261. The van der Waals surface area contributed by atoms with E-state index in [1.54, 1.807) is 36.4 Å². The van der Waals surface area contributed by atoms with Crippen LogP contribution in [0.25, 0.3) is 6.08 Å². The maximum absolute atomic E-state index is 11.8. The van der Waals surface area contributed by atoms with Crippen molar-refractivity contribution in [1.29, 1.82) is 0 Å². The summed E-state index contributed by atoms with van der Waals surface area (Å²) in [5.41, 5.74) is 1.62. The van der Waals surface area contributed by atoms with Crippen LogP contribution in [0.3, 0.4) is 0 Å². The lowest BCUT2D eigenvalue weighted by molar-refractivity contribution is -0.116. The van der Waals surface area contributed by atoms with E-state index in [1.165, 1.54) is 18.2 Å². The third-order valence-electron chi connectivity index (χ3n) is 3.27. The number of amides is 1. The number of halogens is 2. The van der Waals surface area contributed by atoms with Gasteiger partial charge >= 0.3 is 0 Å². The van der Waals surface area contributed by atoms with Gasteiger partial charge in [0.2, 0.25) is 15.9 Å². The maximum atomic E-state index is 11.8. The van der Waals surface area contributed by atoms with Gasteiger partial charge in [0, 0.05) is 22.7 Å². The molecule has 0 unspecified atom stereocenters. The molecule has 0 radical (unpaired) electrons. The van der Waals surface area contributed by atoms with Crippen LogP contribution < -0.4 is 10.5 Å². The van der Waals surface area contributed by atoms with E-state index in [2.05, 4.69) is 5.32 Å². The topological polar surface area (TPSA) is 89.3 Å². The molecule has 2 rings (SSSR count). The van der Waals surface area contributed by atoms with Crippen molar-refractivity contribution in [2.24, 2.45) is 5.14 Å². The van der Waals surface area contributed by atoms with E-state index >= 15 is 0 Å². The number of benzene rings is 2. The Kier molecular flexibility index (Phi) is 6.61. The smallest absolute Gasteiger partial charge is 0.244 e. The molecule has 2 aromatic rings. The molecule has 0 aromatic heterocycles. The molecule has 0 spiro atoms. The van der Waals surface area contributed by atoms with Crippen LogP contribution in [-0.4, -0.2) is 20.9 Å². The Hall–Kier alpha value is -1.86. The molecule has 5 nitrogen and oxygen atoms in total. The first-order valence-corrected chi connectivity index (χ1v) is 9.58. The average Bonchev–Trinajstić information content (AvgIpc) is 2.51. The van der Waals surface area contributed by atoms with E-state index in [0.29, 0.717) is 28.6 Å². The van der Waals surface area contributed by atoms with Crippen LogP contribution in [0.5, 0.6) is 0 Å². The van der Waals surface area contributed by atoms with Crippen LogP contribution in [0.2, 0.25) is 10.0 Å². The first-order valence-electron chi connectivity index (χ1n) is 7.28. The standard InChI is InChI=1S/C17H16Cl2N2O3S/c18-14-9-13(10-15(19)11-14)7-8-21-17(22)6-3-12-1-4-16(5-2-12)25(20,23)24/h1-6,9-11H,7-8H2,(H,21,22)(H2,20,23,24)/b6-3+. The molecule has 25 heavy (non-hydrogen) atoms. The van der Waals surface area contributed by atoms with Crippen molar-refractivity contribution >= 4 is 45.2 Å². The van der Waals surface area contributed by atoms with Crippen molar-refractivity contribution in [3.8, 4) is 0 Å². The minimum atomic E-state index is -3.72. The number of nitrogens with one attached hydrogen (secondary N) is 1. The van der Waals surface area contributed by atoms with Crippen molar-refractivity contribution in [3.63, 3.8) is 0 Å². The van der Waals surface area contributed by atoms with E-state index < -0.39 is 10.0 Å². The summed E-state index contributed by atoms with van der Waals surface area (Å²) in [7, 11) is -3.72. The molecule has 8 heteroatoms. The molecule has 0 atom stereocenters. The number of carbonyl (C=O) groups is 1. The van der Waals surface area contributed by atoms with Crippen molar-refractivity contribution in [1.82, 2.24) is 5.32 Å². The normalized spacial score (nSPS) is 11.6. The van der Waals surface area contributed by atoms with E-state index in [-0.39, 0.29) is 10.8 Å². The van der Waals surface area contributed by atoms with Gasteiger partial charge < -0.3 is 5.32 Å². The summed E-state index contributed by atoms with van der Waals surface area (Å²) in [6.07, 6.45) is 3.55. The highest BCUT2D eigenvalue weighted by atomic mass is 35.5. The van der Waals surface area contributed by atoms with E-state index in [1.807, 2.05) is 0 Å². The second-order valence-electron chi connectivity index (χ2n) is 5.27. The van der Waals surface area contributed by atoms with Crippen LogP contribution in [0.4, 0.5) is 0 Å². The first-order chi connectivity index (χ1) is 11.7. The van der Waals surface area contributed by atoms with Crippen molar-refractivity contribution in [3.05, 3.63) is 69.7 Å². The largest absolute Gasteiger partial charge is 0.352 e. The fraction of sp³-hybridized carbons (Fsp3) is 0.118. The molecule has 0 aliphatic carbocycles. The highest BCUT2D eigenvalue weighted by Crippen LogP contribution is 2.19. The van der Waals surface area contributed by atoms with Crippen LogP contribution in [-0.2, 0) is 21.2 Å². The number of hydrogen-bond acceptors (Lipinski definition) is 3. The Bertz CT molecular complexity index is 874. The number of sulfonamides is 1. The van der Waals surface area contributed by atoms with Gasteiger partial charge in [0.25, 0.3) is 0 Å². The van der Waals surface area contributed by atoms with Crippen LogP contribution in [0.1, 0.15) is 11.1 Å². The first kappa shape index (κ1) is 19.5. The van der Waals surface area contributed by atoms with Crippen molar-refractivity contribution in [2.45, 2.75) is 11.3 Å². The Balaban J connectivity index is 1.86. The highest BCUT2D eigenvalue weighted by molar-refractivity contribution is 7.89. The SMILES string of the molecule is NS(=O)(=O)c1ccc(/C=C/C(=O)NCCc2cc(Cl)cc(Cl)c2)cc1. The molecule has 0 aliphatic heterocycles. The molecule has 1 amide bonds. The summed E-state index contributed by atoms with van der Waals surface area (Å²) in [6, 6.07) is 11.1. The number of primary sulfonamides is 1. The Morgan fingerprint density at radius 1 is 1.08 bits per heavy atom. The zero-order valence-electron chi connectivity index (χ0n) is 13.1.